The van der Waals surface area contributed by atoms with Gasteiger partial charge in [-0.15, -0.1) is 0 Å². The second-order valence-corrected chi connectivity index (χ2v) is 6.14. The van der Waals surface area contributed by atoms with E-state index in [1.165, 1.54) is 27.6 Å². The fraction of sp³-hybridized carbons (Fsp3) is 0.0909. The van der Waals surface area contributed by atoms with Gasteiger partial charge in [-0.1, -0.05) is 30.3 Å². The Labute approximate surface area is 142 Å². The SMILES string of the molecule is Cc1ccccc1-c1cc2cc(-c3ccccn3)ccc2c[n+]1C. The minimum Gasteiger partial charge on any atom is -0.256 e. The molecule has 4 rings (SSSR count). The van der Waals surface area contributed by atoms with E-state index in [0.717, 1.165) is 11.3 Å². The normalized spacial score (nSPS) is 10.9. The highest BCUT2D eigenvalue weighted by molar-refractivity contribution is 5.88. The number of hydrogen-bond acceptors (Lipinski definition) is 1. The monoisotopic (exact) mass is 311 g/mol. The molecule has 0 atom stereocenters. The third-order valence-electron chi connectivity index (χ3n) is 4.47. The quantitative estimate of drug-likeness (QED) is 0.490. The second-order valence-electron chi connectivity index (χ2n) is 6.14. The zero-order chi connectivity index (χ0) is 16.5. The zero-order valence-electron chi connectivity index (χ0n) is 13.9. The molecule has 0 saturated heterocycles. The Balaban J connectivity index is 1.91. The van der Waals surface area contributed by atoms with Gasteiger partial charge in [-0.25, -0.2) is 4.57 Å². The average Bonchev–Trinajstić information content (AvgIpc) is 2.62. The fourth-order valence-corrected chi connectivity index (χ4v) is 3.17. The molecule has 2 heteroatoms. The number of aryl methyl sites for hydroxylation is 2. The first-order valence-corrected chi connectivity index (χ1v) is 8.13. The minimum absolute atomic E-state index is 1.00. The summed E-state index contributed by atoms with van der Waals surface area (Å²) in [6.45, 7) is 2.16. The summed E-state index contributed by atoms with van der Waals surface area (Å²) in [6, 6.07) is 23.3. The molecule has 0 spiro atoms. The molecule has 24 heavy (non-hydrogen) atoms. The number of benzene rings is 2. The molecule has 0 N–H and O–H groups in total. The lowest BCUT2D eigenvalue weighted by Crippen LogP contribution is -2.30. The molecule has 2 aromatic heterocycles. The first-order chi connectivity index (χ1) is 11.7. The highest BCUT2D eigenvalue weighted by Crippen LogP contribution is 2.26. The maximum atomic E-state index is 4.46. The Hall–Kier alpha value is -3.00. The molecule has 0 saturated carbocycles. The number of rotatable bonds is 2. The average molecular weight is 311 g/mol. The lowest BCUT2D eigenvalue weighted by molar-refractivity contribution is -0.659. The van der Waals surface area contributed by atoms with Crippen LogP contribution in [0.3, 0.4) is 0 Å². The smallest absolute Gasteiger partial charge is 0.213 e. The standard InChI is InChI=1S/C22H19N2/c1-16-7-3-4-8-20(16)22-14-19-13-17(21-9-5-6-12-23-21)10-11-18(19)15-24(22)2/h3-15H,1-2H3/q+1. The van der Waals surface area contributed by atoms with Crippen LogP contribution in [0.1, 0.15) is 5.56 Å². The van der Waals surface area contributed by atoms with Crippen molar-refractivity contribution >= 4 is 10.8 Å². The van der Waals surface area contributed by atoms with Crippen molar-refractivity contribution in [1.82, 2.24) is 4.98 Å². The van der Waals surface area contributed by atoms with Crippen LogP contribution in [-0.2, 0) is 7.05 Å². The Morgan fingerprint density at radius 1 is 0.833 bits per heavy atom. The number of hydrogen-bond donors (Lipinski definition) is 0. The van der Waals surface area contributed by atoms with E-state index < -0.39 is 0 Å². The van der Waals surface area contributed by atoms with Crippen molar-refractivity contribution in [2.45, 2.75) is 6.92 Å². The van der Waals surface area contributed by atoms with E-state index in [2.05, 4.69) is 78.3 Å². The highest BCUT2D eigenvalue weighted by Gasteiger charge is 2.14. The lowest BCUT2D eigenvalue weighted by Gasteiger charge is -2.07. The van der Waals surface area contributed by atoms with Gasteiger partial charge in [-0.2, -0.15) is 0 Å². The lowest BCUT2D eigenvalue weighted by atomic mass is 10.0. The Kier molecular flexibility index (Phi) is 3.58. The molecule has 0 radical (unpaired) electrons. The van der Waals surface area contributed by atoms with Crippen molar-refractivity contribution in [3.8, 4) is 22.5 Å². The third kappa shape index (κ3) is 2.56. The summed E-state index contributed by atoms with van der Waals surface area (Å²) in [5.74, 6) is 0. The van der Waals surface area contributed by atoms with Crippen molar-refractivity contribution in [3.05, 3.63) is 84.7 Å². The summed E-state index contributed by atoms with van der Waals surface area (Å²) < 4.78 is 2.20. The van der Waals surface area contributed by atoms with Crippen LogP contribution in [0.4, 0.5) is 0 Å². The molecule has 0 aliphatic heterocycles. The van der Waals surface area contributed by atoms with Crippen LogP contribution in [0.25, 0.3) is 33.3 Å². The van der Waals surface area contributed by atoms with Crippen LogP contribution in [0.15, 0.2) is 79.1 Å². The molecule has 0 fully saturated rings. The van der Waals surface area contributed by atoms with Gasteiger partial charge in [0.15, 0.2) is 6.20 Å². The van der Waals surface area contributed by atoms with Gasteiger partial charge in [0.05, 0.1) is 5.69 Å². The van der Waals surface area contributed by atoms with Crippen molar-refractivity contribution in [2.24, 2.45) is 7.05 Å². The van der Waals surface area contributed by atoms with E-state index >= 15 is 0 Å². The van der Waals surface area contributed by atoms with Crippen molar-refractivity contribution in [3.63, 3.8) is 0 Å². The third-order valence-corrected chi connectivity index (χ3v) is 4.47. The predicted octanol–water partition coefficient (Wildman–Crippen LogP) is 4.70. The van der Waals surface area contributed by atoms with Gasteiger partial charge < -0.3 is 0 Å². The molecule has 0 bridgehead atoms. The van der Waals surface area contributed by atoms with Crippen LogP contribution in [0, 0.1) is 6.92 Å². The Morgan fingerprint density at radius 3 is 2.46 bits per heavy atom. The predicted molar refractivity (Wildman–Crippen MR) is 98.5 cm³/mol. The van der Waals surface area contributed by atoms with Gasteiger partial charge in [-0.3, -0.25) is 4.98 Å². The Bertz CT molecular complexity index is 1020. The van der Waals surface area contributed by atoms with Crippen LogP contribution >= 0.6 is 0 Å². The van der Waals surface area contributed by atoms with E-state index in [1.54, 1.807) is 0 Å². The van der Waals surface area contributed by atoms with Crippen LogP contribution < -0.4 is 4.57 Å². The first kappa shape index (κ1) is 14.6. The van der Waals surface area contributed by atoms with E-state index in [-0.39, 0.29) is 0 Å². The van der Waals surface area contributed by atoms with E-state index in [1.807, 2.05) is 24.4 Å². The minimum atomic E-state index is 1.00. The zero-order valence-corrected chi connectivity index (χ0v) is 13.9. The summed E-state index contributed by atoms with van der Waals surface area (Å²) in [5, 5.41) is 2.46. The highest BCUT2D eigenvalue weighted by atomic mass is 14.9. The molecule has 0 amide bonds. The number of aromatic nitrogens is 2. The number of nitrogens with zero attached hydrogens (tertiary/aromatic N) is 2. The maximum Gasteiger partial charge on any atom is 0.213 e. The molecule has 116 valence electrons. The topological polar surface area (TPSA) is 16.8 Å². The molecule has 0 unspecified atom stereocenters. The second kappa shape index (κ2) is 5.89. The van der Waals surface area contributed by atoms with Crippen molar-refractivity contribution < 1.29 is 4.57 Å². The molecule has 4 aromatic rings. The summed E-state index contributed by atoms with van der Waals surface area (Å²) in [6.07, 6.45) is 4.03. The van der Waals surface area contributed by atoms with E-state index in [4.69, 9.17) is 0 Å². The molecule has 2 aromatic carbocycles. The van der Waals surface area contributed by atoms with Gasteiger partial charge >= 0.3 is 0 Å². The van der Waals surface area contributed by atoms with Crippen LogP contribution in [-0.4, -0.2) is 4.98 Å². The van der Waals surface area contributed by atoms with E-state index in [0.29, 0.717) is 0 Å². The fourth-order valence-electron chi connectivity index (χ4n) is 3.17. The summed E-state index contributed by atoms with van der Waals surface area (Å²) >= 11 is 0. The van der Waals surface area contributed by atoms with E-state index in [9.17, 15) is 0 Å². The van der Waals surface area contributed by atoms with Gasteiger partial charge in [-0.05, 0) is 48.2 Å². The molecule has 0 aliphatic rings. The summed E-state index contributed by atoms with van der Waals surface area (Å²) in [7, 11) is 2.11. The molecule has 2 nitrogen and oxygen atoms in total. The van der Waals surface area contributed by atoms with Gasteiger partial charge in [0.25, 0.3) is 0 Å². The van der Waals surface area contributed by atoms with Gasteiger partial charge in [0.1, 0.15) is 7.05 Å². The summed E-state index contributed by atoms with van der Waals surface area (Å²) in [5.41, 5.74) is 5.93. The summed E-state index contributed by atoms with van der Waals surface area (Å²) in [4.78, 5) is 4.46. The molecule has 0 aliphatic carbocycles. The largest absolute Gasteiger partial charge is 0.256 e. The maximum absolute atomic E-state index is 4.46. The molecular formula is C22H19N2+. The van der Waals surface area contributed by atoms with Crippen molar-refractivity contribution in [1.29, 1.82) is 0 Å². The van der Waals surface area contributed by atoms with Gasteiger partial charge in [0, 0.05) is 28.8 Å². The molecular weight excluding hydrogens is 292 g/mol. The number of fused-ring (bicyclic) bond motifs is 1. The first-order valence-electron chi connectivity index (χ1n) is 8.13. The van der Waals surface area contributed by atoms with Crippen LogP contribution in [0.2, 0.25) is 0 Å². The van der Waals surface area contributed by atoms with Gasteiger partial charge in [0.2, 0.25) is 5.69 Å². The van der Waals surface area contributed by atoms with Crippen LogP contribution in [0.5, 0.6) is 0 Å². The Morgan fingerprint density at radius 2 is 1.67 bits per heavy atom. The number of pyridine rings is 2. The molecule has 2 heterocycles. The van der Waals surface area contributed by atoms with Crippen molar-refractivity contribution in [2.75, 3.05) is 0 Å².